The van der Waals surface area contributed by atoms with Gasteiger partial charge in [-0.25, -0.2) is 4.21 Å². The van der Waals surface area contributed by atoms with Crippen molar-refractivity contribution in [2.24, 2.45) is 0 Å². The molecule has 0 radical (unpaired) electrons. The van der Waals surface area contributed by atoms with Gasteiger partial charge in [0.15, 0.2) is 11.1 Å². The topological polar surface area (TPSA) is 40.5 Å². The molecule has 9 heavy (non-hydrogen) atoms. The predicted molar refractivity (Wildman–Crippen MR) is 33.9 cm³/mol. The van der Waals surface area contributed by atoms with E-state index >= 15 is 0 Å². The zero-order valence-electron chi connectivity index (χ0n) is 4.75. The Hall–Kier alpha value is 0.290. The van der Waals surface area contributed by atoms with Crippen molar-refractivity contribution < 1.29 is 13.2 Å². The number of hydrogen-bond acceptors (Lipinski definition) is 2. The van der Waals surface area contributed by atoms with Crippen LogP contribution in [0.3, 0.4) is 0 Å². The van der Waals surface area contributed by atoms with Crippen molar-refractivity contribution in [2.45, 2.75) is 12.3 Å². The standard InChI is InChI=1S/C3H7ClFNO2S/c1-3(9(7)8)6(5)2-4/h3H,2H2,1H3,(H,7,8). The summed E-state index contributed by atoms with van der Waals surface area (Å²) in [6.45, 7) is 1.26. The second-order valence-electron chi connectivity index (χ2n) is 1.39. The SMILES string of the molecule is CC(N(F)CCl)S(=O)O. The molecule has 6 heteroatoms. The van der Waals surface area contributed by atoms with Crippen molar-refractivity contribution in [3.05, 3.63) is 0 Å². The fourth-order valence-electron chi connectivity index (χ4n) is 0.195. The average Bonchev–Trinajstić information content (AvgIpc) is 1.84. The monoisotopic (exact) mass is 175 g/mol. The molecule has 2 atom stereocenters. The lowest BCUT2D eigenvalue weighted by Gasteiger charge is -2.11. The van der Waals surface area contributed by atoms with Crippen LogP contribution in [0.4, 0.5) is 4.48 Å². The third-order valence-electron chi connectivity index (χ3n) is 0.801. The summed E-state index contributed by atoms with van der Waals surface area (Å²) >= 11 is 2.82. The van der Waals surface area contributed by atoms with E-state index in [-0.39, 0.29) is 5.12 Å². The van der Waals surface area contributed by atoms with Crippen LogP contribution in [0.5, 0.6) is 0 Å². The van der Waals surface area contributed by atoms with E-state index in [1.54, 1.807) is 0 Å². The molecule has 0 bridgehead atoms. The first-order valence-corrected chi connectivity index (χ1v) is 3.88. The van der Waals surface area contributed by atoms with Gasteiger partial charge in [0.1, 0.15) is 11.4 Å². The van der Waals surface area contributed by atoms with E-state index in [9.17, 15) is 8.69 Å². The second kappa shape index (κ2) is 4.16. The smallest absolute Gasteiger partial charge is 0.173 e. The van der Waals surface area contributed by atoms with Gasteiger partial charge in [0.2, 0.25) is 0 Å². The molecule has 0 heterocycles. The number of halogens is 2. The Morgan fingerprint density at radius 2 is 2.44 bits per heavy atom. The summed E-state index contributed by atoms with van der Waals surface area (Å²) in [4.78, 5) is 0. The van der Waals surface area contributed by atoms with Crippen LogP contribution >= 0.6 is 11.6 Å². The number of rotatable bonds is 3. The quantitative estimate of drug-likeness (QED) is 0.300. The Labute approximate surface area is 60.0 Å². The first-order chi connectivity index (χ1) is 4.09. The first-order valence-electron chi connectivity index (χ1n) is 2.17. The zero-order chi connectivity index (χ0) is 7.44. The van der Waals surface area contributed by atoms with Gasteiger partial charge >= 0.3 is 0 Å². The van der Waals surface area contributed by atoms with Crippen LogP contribution in [0.2, 0.25) is 0 Å². The van der Waals surface area contributed by atoms with E-state index in [0.717, 1.165) is 0 Å². The summed E-state index contributed by atoms with van der Waals surface area (Å²) in [5.74, 6) is 0. The van der Waals surface area contributed by atoms with E-state index in [2.05, 4.69) is 0 Å². The van der Waals surface area contributed by atoms with Gasteiger partial charge in [-0.3, -0.25) is 0 Å². The van der Waals surface area contributed by atoms with Crippen molar-refractivity contribution in [1.82, 2.24) is 5.12 Å². The molecule has 0 fully saturated rings. The van der Waals surface area contributed by atoms with Crippen molar-refractivity contribution in [1.29, 1.82) is 0 Å². The molecule has 2 unspecified atom stereocenters. The van der Waals surface area contributed by atoms with Gasteiger partial charge in [0.05, 0.1) is 0 Å². The van der Waals surface area contributed by atoms with Crippen molar-refractivity contribution in [2.75, 3.05) is 6.00 Å². The van der Waals surface area contributed by atoms with E-state index in [0.29, 0.717) is 0 Å². The summed E-state index contributed by atoms with van der Waals surface area (Å²) in [6.07, 6.45) is 0. The van der Waals surface area contributed by atoms with E-state index in [1.807, 2.05) is 0 Å². The molecular weight excluding hydrogens is 169 g/mol. The summed E-state index contributed by atoms with van der Waals surface area (Å²) < 4.78 is 30.4. The lowest BCUT2D eigenvalue weighted by molar-refractivity contribution is 0.0377. The van der Waals surface area contributed by atoms with Crippen LogP contribution in [-0.2, 0) is 11.1 Å². The van der Waals surface area contributed by atoms with Crippen molar-refractivity contribution >= 4 is 22.7 Å². The normalized spacial score (nSPS) is 17.9. The Morgan fingerprint density at radius 1 is 2.00 bits per heavy atom. The van der Waals surface area contributed by atoms with Crippen molar-refractivity contribution in [3.63, 3.8) is 0 Å². The molecule has 1 N–H and O–H groups in total. The van der Waals surface area contributed by atoms with Gasteiger partial charge in [-0.05, 0) is 6.92 Å². The lowest BCUT2D eigenvalue weighted by atomic mass is 10.7. The van der Waals surface area contributed by atoms with Crippen LogP contribution in [0.25, 0.3) is 0 Å². The van der Waals surface area contributed by atoms with E-state index in [4.69, 9.17) is 16.2 Å². The van der Waals surface area contributed by atoms with Crippen molar-refractivity contribution in [3.8, 4) is 0 Å². The van der Waals surface area contributed by atoms with Gasteiger partial charge in [0, 0.05) is 0 Å². The van der Waals surface area contributed by atoms with E-state index < -0.39 is 22.5 Å². The molecule has 0 aliphatic heterocycles. The average molecular weight is 176 g/mol. The molecule has 0 aromatic rings. The van der Waals surface area contributed by atoms with Crippen LogP contribution in [0, 0.1) is 0 Å². The fourth-order valence-corrected chi connectivity index (χ4v) is 0.754. The molecule has 0 rings (SSSR count). The molecule has 0 aromatic heterocycles. The predicted octanol–water partition coefficient (Wildman–Crippen LogP) is 0.937. The molecule has 0 aliphatic rings. The molecule has 0 amide bonds. The second-order valence-corrected chi connectivity index (χ2v) is 2.87. The van der Waals surface area contributed by atoms with Gasteiger partial charge in [-0.2, -0.15) is 0 Å². The minimum absolute atomic E-state index is 0.0810. The Kier molecular flexibility index (Phi) is 4.29. The molecule has 56 valence electrons. The van der Waals surface area contributed by atoms with Gasteiger partial charge in [-0.15, -0.1) is 21.2 Å². The fraction of sp³-hybridized carbons (Fsp3) is 1.00. The largest absolute Gasteiger partial charge is 0.305 e. The molecule has 0 spiro atoms. The van der Waals surface area contributed by atoms with Crippen LogP contribution in [0.1, 0.15) is 6.92 Å². The minimum Gasteiger partial charge on any atom is -0.305 e. The summed E-state index contributed by atoms with van der Waals surface area (Å²) in [5, 5.41) is -0.972. The highest BCUT2D eigenvalue weighted by molar-refractivity contribution is 7.79. The number of hydrogen-bond donors (Lipinski definition) is 1. The maximum atomic E-state index is 12.1. The highest BCUT2D eigenvalue weighted by Gasteiger charge is 2.16. The van der Waals surface area contributed by atoms with Crippen LogP contribution in [-0.4, -0.2) is 25.3 Å². The van der Waals surface area contributed by atoms with Crippen LogP contribution < -0.4 is 0 Å². The Bertz CT molecular complexity index is 114. The summed E-state index contributed by atoms with van der Waals surface area (Å²) in [7, 11) is 0. The third-order valence-corrected chi connectivity index (χ3v) is 1.84. The molecule has 0 saturated heterocycles. The molecule has 3 nitrogen and oxygen atoms in total. The van der Waals surface area contributed by atoms with Gasteiger partial charge in [-0.1, -0.05) is 0 Å². The lowest BCUT2D eigenvalue weighted by Crippen LogP contribution is -2.27. The number of nitrogens with zero attached hydrogens (tertiary/aromatic N) is 1. The maximum Gasteiger partial charge on any atom is 0.173 e. The third kappa shape index (κ3) is 3.10. The van der Waals surface area contributed by atoms with Crippen LogP contribution in [0.15, 0.2) is 0 Å². The Morgan fingerprint density at radius 3 is 2.56 bits per heavy atom. The first kappa shape index (κ1) is 9.29. The van der Waals surface area contributed by atoms with Gasteiger partial charge < -0.3 is 4.55 Å². The molecular formula is C3H7ClFNO2S. The molecule has 0 aromatic carbocycles. The number of alkyl halides is 1. The van der Waals surface area contributed by atoms with E-state index in [1.165, 1.54) is 6.92 Å². The highest BCUT2D eigenvalue weighted by atomic mass is 35.5. The zero-order valence-corrected chi connectivity index (χ0v) is 6.32. The summed E-state index contributed by atoms with van der Waals surface area (Å²) in [5.41, 5.74) is 0. The maximum absolute atomic E-state index is 12.1. The highest BCUT2D eigenvalue weighted by Crippen LogP contribution is 2.02. The summed E-state index contributed by atoms with van der Waals surface area (Å²) in [6, 6.07) is -0.395. The molecule has 0 saturated carbocycles. The molecule has 0 aliphatic carbocycles. The minimum atomic E-state index is -2.17. The van der Waals surface area contributed by atoms with Gasteiger partial charge in [0.25, 0.3) is 0 Å². The Balaban J connectivity index is 3.72.